The molecule has 0 aliphatic carbocycles. The number of esters is 2. The van der Waals surface area contributed by atoms with Gasteiger partial charge in [-0.2, -0.15) is 0 Å². The highest BCUT2D eigenvalue weighted by atomic mass is 16.6. The SMILES string of the molecule is CC(=O)OC1=C(C(=O)OC(C)(C)C)C(c2ccco2)N(C)c2ccccc21. The molecule has 1 atom stereocenters. The Hall–Kier alpha value is -3.02. The average molecular weight is 369 g/mol. The first kappa shape index (κ1) is 18.8. The first-order valence-corrected chi connectivity index (χ1v) is 8.70. The van der Waals surface area contributed by atoms with Crippen molar-refractivity contribution in [3.63, 3.8) is 0 Å². The van der Waals surface area contributed by atoms with Gasteiger partial charge < -0.3 is 18.8 Å². The highest BCUT2D eigenvalue weighted by Gasteiger charge is 2.41. The minimum Gasteiger partial charge on any atom is -0.467 e. The number of carbonyl (C=O) groups excluding carboxylic acids is 2. The molecule has 1 aliphatic heterocycles. The third-order valence-electron chi connectivity index (χ3n) is 4.11. The fourth-order valence-electron chi connectivity index (χ4n) is 3.15. The van der Waals surface area contributed by atoms with Crippen molar-refractivity contribution < 1.29 is 23.5 Å². The maximum atomic E-state index is 13.1. The van der Waals surface area contributed by atoms with Crippen molar-refractivity contribution in [2.75, 3.05) is 11.9 Å². The Morgan fingerprint density at radius 3 is 2.41 bits per heavy atom. The van der Waals surface area contributed by atoms with Gasteiger partial charge in [-0.25, -0.2) is 4.79 Å². The molecule has 3 rings (SSSR count). The van der Waals surface area contributed by atoms with E-state index in [9.17, 15) is 9.59 Å². The number of carbonyl (C=O) groups is 2. The quantitative estimate of drug-likeness (QED) is 0.759. The van der Waals surface area contributed by atoms with Crippen molar-refractivity contribution in [2.45, 2.75) is 39.3 Å². The summed E-state index contributed by atoms with van der Waals surface area (Å²) in [4.78, 5) is 26.8. The second-order valence-corrected chi connectivity index (χ2v) is 7.38. The zero-order chi connectivity index (χ0) is 19.8. The Balaban J connectivity index is 2.26. The Morgan fingerprint density at radius 1 is 1.11 bits per heavy atom. The summed E-state index contributed by atoms with van der Waals surface area (Å²) < 4.78 is 16.7. The molecule has 27 heavy (non-hydrogen) atoms. The fraction of sp³-hybridized carbons (Fsp3) is 0.333. The van der Waals surface area contributed by atoms with Crippen LogP contribution in [0.3, 0.4) is 0 Å². The van der Waals surface area contributed by atoms with E-state index >= 15 is 0 Å². The third-order valence-corrected chi connectivity index (χ3v) is 4.11. The summed E-state index contributed by atoms with van der Waals surface area (Å²) in [6, 6.07) is 10.4. The lowest BCUT2D eigenvalue weighted by atomic mass is 9.92. The van der Waals surface area contributed by atoms with E-state index in [0.29, 0.717) is 11.3 Å². The molecule has 0 spiro atoms. The first-order valence-electron chi connectivity index (χ1n) is 8.70. The number of furan rings is 1. The third kappa shape index (κ3) is 3.74. The Bertz CT molecular complexity index is 890. The lowest BCUT2D eigenvalue weighted by Crippen LogP contribution is -2.36. The van der Waals surface area contributed by atoms with Gasteiger partial charge in [-0.3, -0.25) is 4.79 Å². The molecule has 0 saturated carbocycles. The van der Waals surface area contributed by atoms with E-state index in [1.165, 1.54) is 6.92 Å². The van der Waals surface area contributed by atoms with Gasteiger partial charge in [-0.15, -0.1) is 0 Å². The second kappa shape index (κ2) is 6.95. The molecule has 1 unspecified atom stereocenters. The summed E-state index contributed by atoms with van der Waals surface area (Å²) in [6.07, 6.45) is 1.54. The smallest absolute Gasteiger partial charge is 0.340 e. The van der Waals surface area contributed by atoms with Gasteiger partial charge in [-0.05, 0) is 45.0 Å². The number of anilines is 1. The summed E-state index contributed by atoms with van der Waals surface area (Å²) in [6.45, 7) is 6.68. The van der Waals surface area contributed by atoms with Crippen molar-refractivity contribution in [3.8, 4) is 0 Å². The number of para-hydroxylation sites is 1. The minimum absolute atomic E-state index is 0.201. The minimum atomic E-state index is -0.700. The monoisotopic (exact) mass is 369 g/mol. The van der Waals surface area contributed by atoms with Gasteiger partial charge in [0.1, 0.15) is 23.0 Å². The predicted molar refractivity (Wildman–Crippen MR) is 101 cm³/mol. The van der Waals surface area contributed by atoms with Crippen LogP contribution >= 0.6 is 0 Å². The number of hydrogen-bond acceptors (Lipinski definition) is 6. The average Bonchev–Trinajstić information content (AvgIpc) is 3.09. The maximum Gasteiger partial charge on any atom is 0.340 e. The van der Waals surface area contributed by atoms with E-state index in [0.717, 1.165) is 5.69 Å². The summed E-state index contributed by atoms with van der Waals surface area (Å²) in [7, 11) is 1.86. The molecule has 2 heterocycles. The molecule has 0 bridgehead atoms. The van der Waals surface area contributed by atoms with E-state index < -0.39 is 23.6 Å². The molecule has 6 nitrogen and oxygen atoms in total. The van der Waals surface area contributed by atoms with Crippen LogP contribution in [-0.4, -0.2) is 24.6 Å². The molecule has 142 valence electrons. The molecule has 1 aromatic heterocycles. The van der Waals surface area contributed by atoms with Crippen LogP contribution in [0.4, 0.5) is 5.69 Å². The molecule has 1 aliphatic rings. The van der Waals surface area contributed by atoms with Crippen molar-refractivity contribution in [2.24, 2.45) is 0 Å². The van der Waals surface area contributed by atoms with E-state index in [2.05, 4.69) is 0 Å². The van der Waals surface area contributed by atoms with Crippen molar-refractivity contribution in [1.29, 1.82) is 0 Å². The van der Waals surface area contributed by atoms with Gasteiger partial charge in [0.05, 0.1) is 6.26 Å². The van der Waals surface area contributed by atoms with Crippen LogP contribution in [0.1, 0.15) is 45.1 Å². The number of likely N-dealkylation sites (N-methyl/N-ethyl adjacent to an activating group) is 1. The number of hydrogen-bond donors (Lipinski definition) is 0. The normalized spacial score (nSPS) is 16.8. The zero-order valence-electron chi connectivity index (χ0n) is 16.1. The molecule has 2 aromatic rings. The van der Waals surface area contributed by atoms with Gasteiger partial charge >= 0.3 is 11.9 Å². The molecule has 0 fully saturated rings. The number of benzene rings is 1. The van der Waals surface area contributed by atoms with E-state index in [1.807, 2.05) is 36.2 Å². The highest BCUT2D eigenvalue weighted by molar-refractivity contribution is 6.03. The topological polar surface area (TPSA) is 69.0 Å². The molecule has 0 amide bonds. The van der Waals surface area contributed by atoms with Crippen molar-refractivity contribution in [3.05, 3.63) is 59.6 Å². The van der Waals surface area contributed by atoms with E-state index in [1.54, 1.807) is 39.2 Å². The van der Waals surface area contributed by atoms with Crippen molar-refractivity contribution in [1.82, 2.24) is 0 Å². The van der Waals surface area contributed by atoms with Crippen LogP contribution in [-0.2, 0) is 19.1 Å². The standard InChI is InChI=1S/C21H23NO5/c1-13(23)26-19-14-9-6-7-10-15(14)22(5)18(16-11-8-12-25-16)17(19)20(24)27-21(2,3)4/h6-12,18H,1-5H3. The van der Waals surface area contributed by atoms with Crippen LogP contribution in [0.15, 0.2) is 52.7 Å². The van der Waals surface area contributed by atoms with Crippen LogP contribution in [0.5, 0.6) is 0 Å². The van der Waals surface area contributed by atoms with Crippen molar-refractivity contribution >= 4 is 23.4 Å². The van der Waals surface area contributed by atoms with E-state index in [-0.39, 0.29) is 11.3 Å². The molecular weight excluding hydrogens is 346 g/mol. The molecule has 6 heteroatoms. The largest absolute Gasteiger partial charge is 0.467 e. The lowest BCUT2D eigenvalue weighted by molar-refractivity contribution is -0.150. The first-order chi connectivity index (χ1) is 12.7. The highest BCUT2D eigenvalue weighted by Crippen LogP contribution is 2.45. The fourth-order valence-corrected chi connectivity index (χ4v) is 3.15. The lowest BCUT2D eigenvalue weighted by Gasteiger charge is -2.37. The maximum absolute atomic E-state index is 13.1. The summed E-state index contributed by atoms with van der Waals surface area (Å²) >= 11 is 0. The molecule has 0 radical (unpaired) electrons. The molecular formula is C21H23NO5. The second-order valence-electron chi connectivity index (χ2n) is 7.38. The Kier molecular flexibility index (Phi) is 4.83. The Morgan fingerprint density at radius 2 is 1.81 bits per heavy atom. The van der Waals surface area contributed by atoms with Gasteiger partial charge in [0.15, 0.2) is 5.76 Å². The van der Waals surface area contributed by atoms with Crippen LogP contribution < -0.4 is 4.90 Å². The van der Waals surface area contributed by atoms with Gasteiger partial charge in [-0.1, -0.05) is 12.1 Å². The van der Waals surface area contributed by atoms with Gasteiger partial charge in [0.2, 0.25) is 0 Å². The zero-order valence-corrected chi connectivity index (χ0v) is 16.1. The number of rotatable bonds is 3. The molecule has 0 N–H and O–H groups in total. The van der Waals surface area contributed by atoms with Gasteiger partial charge in [0.25, 0.3) is 0 Å². The number of nitrogens with zero attached hydrogens (tertiary/aromatic N) is 1. The summed E-state index contributed by atoms with van der Waals surface area (Å²) in [5.74, 6) is -0.311. The van der Waals surface area contributed by atoms with Crippen LogP contribution in [0.25, 0.3) is 5.76 Å². The van der Waals surface area contributed by atoms with Crippen LogP contribution in [0.2, 0.25) is 0 Å². The number of ether oxygens (including phenoxy) is 2. The Labute approximate surface area is 158 Å². The summed E-state index contributed by atoms with van der Waals surface area (Å²) in [5, 5.41) is 0. The van der Waals surface area contributed by atoms with E-state index in [4.69, 9.17) is 13.9 Å². The predicted octanol–water partition coefficient (Wildman–Crippen LogP) is 4.09. The van der Waals surface area contributed by atoms with Gasteiger partial charge in [0, 0.05) is 25.2 Å². The number of fused-ring (bicyclic) bond motifs is 1. The van der Waals surface area contributed by atoms with Crippen LogP contribution in [0, 0.1) is 0 Å². The summed E-state index contributed by atoms with van der Waals surface area (Å²) in [5.41, 5.74) is 1.01. The molecule has 1 aromatic carbocycles. The molecule has 0 saturated heterocycles.